The van der Waals surface area contributed by atoms with Gasteiger partial charge in [-0.2, -0.15) is 0 Å². The standard InChI is InChI=1S/C16H21N3O2S/c1-16(2,3)21-15(20)19-13-6-4-12(5-7-13)8-17-9-14-10-18-11-22-14/h4-7,10-11,17H,8-9H2,1-3H3,(H,19,20). The SMILES string of the molecule is CC(C)(C)OC(=O)Nc1ccc(CNCc2cncs2)cc1. The zero-order valence-electron chi connectivity index (χ0n) is 13.1. The number of hydrogen-bond donors (Lipinski definition) is 2. The van der Waals surface area contributed by atoms with Gasteiger partial charge in [-0.3, -0.25) is 10.3 Å². The van der Waals surface area contributed by atoms with E-state index in [0.29, 0.717) is 0 Å². The van der Waals surface area contributed by atoms with E-state index >= 15 is 0 Å². The maximum Gasteiger partial charge on any atom is 0.412 e. The zero-order chi connectivity index (χ0) is 16.0. The molecule has 0 saturated heterocycles. The van der Waals surface area contributed by atoms with Crippen LogP contribution in [0.1, 0.15) is 31.2 Å². The molecular formula is C16H21N3O2S. The van der Waals surface area contributed by atoms with Crippen LogP contribution in [0.25, 0.3) is 0 Å². The van der Waals surface area contributed by atoms with Crippen LogP contribution in [0.4, 0.5) is 10.5 Å². The lowest BCUT2D eigenvalue weighted by Gasteiger charge is -2.19. The average Bonchev–Trinajstić information content (AvgIpc) is 2.92. The lowest BCUT2D eigenvalue weighted by atomic mass is 10.2. The number of ether oxygens (including phenoxy) is 1. The minimum absolute atomic E-state index is 0.441. The van der Waals surface area contributed by atoms with E-state index in [1.165, 1.54) is 4.88 Å². The van der Waals surface area contributed by atoms with Gasteiger partial charge in [0.15, 0.2) is 0 Å². The monoisotopic (exact) mass is 319 g/mol. The molecule has 0 saturated carbocycles. The Morgan fingerprint density at radius 1 is 1.23 bits per heavy atom. The Morgan fingerprint density at radius 2 is 1.95 bits per heavy atom. The molecule has 22 heavy (non-hydrogen) atoms. The van der Waals surface area contributed by atoms with Gasteiger partial charge in [-0.15, -0.1) is 11.3 Å². The molecule has 6 heteroatoms. The minimum Gasteiger partial charge on any atom is -0.444 e. The molecule has 0 aliphatic carbocycles. The molecule has 1 amide bonds. The lowest BCUT2D eigenvalue weighted by Crippen LogP contribution is -2.27. The molecule has 0 bridgehead atoms. The number of amides is 1. The number of rotatable bonds is 5. The largest absolute Gasteiger partial charge is 0.444 e. The second-order valence-corrected chi connectivity index (χ2v) is 6.87. The summed E-state index contributed by atoms with van der Waals surface area (Å²) in [7, 11) is 0. The van der Waals surface area contributed by atoms with Crippen LogP contribution in [0.15, 0.2) is 36.0 Å². The maximum absolute atomic E-state index is 11.7. The van der Waals surface area contributed by atoms with Crippen molar-refractivity contribution in [1.29, 1.82) is 0 Å². The number of carbonyl (C=O) groups excluding carboxylic acids is 1. The first-order valence-electron chi connectivity index (χ1n) is 7.09. The van der Waals surface area contributed by atoms with Crippen LogP contribution < -0.4 is 10.6 Å². The number of nitrogens with one attached hydrogen (secondary N) is 2. The molecule has 0 spiro atoms. The molecule has 0 unspecified atom stereocenters. The van der Waals surface area contributed by atoms with E-state index in [4.69, 9.17) is 4.74 Å². The number of benzene rings is 1. The molecule has 0 aliphatic heterocycles. The number of anilines is 1. The fourth-order valence-electron chi connectivity index (χ4n) is 1.79. The van der Waals surface area contributed by atoms with Gasteiger partial charge >= 0.3 is 6.09 Å². The smallest absolute Gasteiger partial charge is 0.412 e. The molecule has 118 valence electrons. The second-order valence-electron chi connectivity index (χ2n) is 5.90. The number of thiazole rings is 1. The van der Waals surface area contributed by atoms with Crippen LogP contribution in [0.3, 0.4) is 0 Å². The summed E-state index contributed by atoms with van der Waals surface area (Å²) in [5.41, 5.74) is 3.21. The van der Waals surface area contributed by atoms with Crippen molar-refractivity contribution in [3.05, 3.63) is 46.4 Å². The van der Waals surface area contributed by atoms with E-state index in [-0.39, 0.29) is 0 Å². The quantitative estimate of drug-likeness (QED) is 0.880. The van der Waals surface area contributed by atoms with Crippen molar-refractivity contribution in [2.45, 2.75) is 39.5 Å². The third-order valence-electron chi connectivity index (χ3n) is 2.71. The van der Waals surface area contributed by atoms with Crippen LogP contribution in [-0.4, -0.2) is 16.7 Å². The highest BCUT2D eigenvalue weighted by molar-refractivity contribution is 7.09. The van der Waals surface area contributed by atoms with E-state index < -0.39 is 11.7 Å². The Bertz CT molecular complexity index is 589. The van der Waals surface area contributed by atoms with Crippen molar-refractivity contribution >= 4 is 23.1 Å². The van der Waals surface area contributed by atoms with E-state index in [9.17, 15) is 4.79 Å². The first-order valence-corrected chi connectivity index (χ1v) is 7.97. The van der Waals surface area contributed by atoms with E-state index in [0.717, 1.165) is 24.3 Å². The second kappa shape index (κ2) is 7.38. The third-order valence-corrected chi connectivity index (χ3v) is 3.49. The van der Waals surface area contributed by atoms with Crippen molar-refractivity contribution in [1.82, 2.24) is 10.3 Å². The Kier molecular flexibility index (Phi) is 5.51. The van der Waals surface area contributed by atoms with Crippen molar-refractivity contribution in [2.75, 3.05) is 5.32 Å². The zero-order valence-corrected chi connectivity index (χ0v) is 13.9. The van der Waals surface area contributed by atoms with Gasteiger partial charge in [0, 0.05) is 29.9 Å². The van der Waals surface area contributed by atoms with Gasteiger partial charge < -0.3 is 10.1 Å². The minimum atomic E-state index is -0.495. The molecule has 1 heterocycles. The van der Waals surface area contributed by atoms with Crippen molar-refractivity contribution in [2.24, 2.45) is 0 Å². The summed E-state index contributed by atoms with van der Waals surface area (Å²) in [6.45, 7) is 7.09. The van der Waals surface area contributed by atoms with Gasteiger partial charge in [-0.05, 0) is 38.5 Å². The van der Waals surface area contributed by atoms with Gasteiger partial charge in [0.2, 0.25) is 0 Å². The van der Waals surface area contributed by atoms with Gasteiger partial charge in [0.05, 0.1) is 5.51 Å². The van der Waals surface area contributed by atoms with Crippen LogP contribution in [0, 0.1) is 0 Å². The Morgan fingerprint density at radius 3 is 2.55 bits per heavy atom. The molecule has 2 rings (SSSR count). The summed E-state index contributed by atoms with van der Waals surface area (Å²) in [5, 5.41) is 6.07. The summed E-state index contributed by atoms with van der Waals surface area (Å²) >= 11 is 1.64. The molecular weight excluding hydrogens is 298 g/mol. The summed E-state index contributed by atoms with van der Waals surface area (Å²) < 4.78 is 5.21. The summed E-state index contributed by atoms with van der Waals surface area (Å²) in [6, 6.07) is 7.69. The van der Waals surface area contributed by atoms with Gasteiger partial charge in [0.25, 0.3) is 0 Å². The van der Waals surface area contributed by atoms with Gasteiger partial charge in [-0.25, -0.2) is 4.79 Å². The first kappa shape index (κ1) is 16.5. The number of nitrogens with zero attached hydrogens (tertiary/aromatic N) is 1. The molecule has 0 aliphatic rings. The molecule has 1 aromatic heterocycles. The van der Waals surface area contributed by atoms with E-state index in [1.807, 2.05) is 56.7 Å². The molecule has 0 atom stereocenters. The maximum atomic E-state index is 11.7. The summed E-state index contributed by atoms with van der Waals surface area (Å²) in [5.74, 6) is 0. The van der Waals surface area contributed by atoms with Crippen molar-refractivity contribution < 1.29 is 9.53 Å². The van der Waals surface area contributed by atoms with Crippen LogP contribution in [-0.2, 0) is 17.8 Å². The number of hydrogen-bond acceptors (Lipinski definition) is 5. The van der Waals surface area contributed by atoms with E-state index in [2.05, 4.69) is 15.6 Å². The van der Waals surface area contributed by atoms with Crippen molar-refractivity contribution in [3.63, 3.8) is 0 Å². The van der Waals surface area contributed by atoms with Crippen LogP contribution in [0.2, 0.25) is 0 Å². The predicted octanol–water partition coefficient (Wildman–Crippen LogP) is 3.78. The highest BCUT2D eigenvalue weighted by atomic mass is 32.1. The van der Waals surface area contributed by atoms with Crippen LogP contribution in [0.5, 0.6) is 0 Å². The number of aromatic nitrogens is 1. The fraction of sp³-hybridized carbons (Fsp3) is 0.375. The summed E-state index contributed by atoms with van der Waals surface area (Å²) in [4.78, 5) is 16.9. The topological polar surface area (TPSA) is 63.2 Å². The third kappa shape index (κ3) is 5.83. The van der Waals surface area contributed by atoms with Gasteiger partial charge in [0.1, 0.15) is 5.60 Å². The Balaban J connectivity index is 1.78. The molecule has 1 aromatic carbocycles. The first-order chi connectivity index (χ1) is 10.4. The Hall–Kier alpha value is -1.92. The molecule has 0 radical (unpaired) electrons. The normalized spacial score (nSPS) is 11.2. The number of carbonyl (C=O) groups is 1. The molecule has 5 nitrogen and oxygen atoms in total. The molecule has 0 fully saturated rings. The summed E-state index contributed by atoms with van der Waals surface area (Å²) in [6.07, 6.45) is 1.43. The van der Waals surface area contributed by atoms with Gasteiger partial charge in [-0.1, -0.05) is 12.1 Å². The highest BCUT2D eigenvalue weighted by Crippen LogP contribution is 2.13. The van der Waals surface area contributed by atoms with Crippen LogP contribution >= 0.6 is 11.3 Å². The fourth-order valence-corrected chi connectivity index (χ4v) is 2.35. The lowest BCUT2D eigenvalue weighted by molar-refractivity contribution is 0.0636. The average molecular weight is 319 g/mol. The predicted molar refractivity (Wildman–Crippen MR) is 89.0 cm³/mol. The Labute approximate surface area is 134 Å². The van der Waals surface area contributed by atoms with E-state index in [1.54, 1.807) is 11.3 Å². The van der Waals surface area contributed by atoms with Crippen molar-refractivity contribution in [3.8, 4) is 0 Å². The molecule has 2 N–H and O–H groups in total. The highest BCUT2D eigenvalue weighted by Gasteiger charge is 2.15. The molecule has 2 aromatic rings.